The van der Waals surface area contributed by atoms with Gasteiger partial charge in [-0.25, -0.2) is 13.2 Å². The van der Waals surface area contributed by atoms with Crippen molar-refractivity contribution < 1.29 is 27.5 Å². The molecule has 0 unspecified atom stereocenters. The van der Waals surface area contributed by atoms with Gasteiger partial charge < -0.3 is 14.8 Å². The Kier molecular flexibility index (Phi) is 7.79. The number of nitrogens with zero attached hydrogens (tertiary/aromatic N) is 1. The van der Waals surface area contributed by atoms with E-state index in [0.29, 0.717) is 35.7 Å². The van der Waals surface area contributed by atoms with Crippen molar-refractivity contribution in [2.24, 2.45) is 0 Å². The SMILES string of the molecule is O=C(COC(=O)c1ccccc1COc1ccccc1)Nc1cccc(S(=O)(=O)N2CCCC2)c1. The zero-order chi connectivity index (χ0) is 24.7. The van der Waals surface area contributed by atoms with E-state index in [1.807, 2.05) is 30.3 Å². The quantitative estimate of drug-likeness (QED) is 0.454. The third-order valence-electron chi connectivity index (χ3n) is 5.53. The van der Waals surface area contributed by atoms with E-state index in [0.717, 1.165) is 12.8 Å². The van der Waals surface area contributed by atoms with Crippen LogP contribution >= 0.6 is 0 Å². The summed E-state index contributed by atoms with van der Waals surface area (Å²) in [6.07, 6.45) is 1.67. The van der Waals surface area contributed by atoms with Crippen LogP contribution in [0.1, 0.15) is 28.8 Å². The van der Waals surface area contributed by atoms with Crippen LogP contribution in [0.5, 0.6) is 5.75 Å². The van der Waals surface area contributed by atoms with E-state index >= 15 is 0 Å². The summed E-state index contributed by atoms with van der Waals surface area (Å²) in [6, 6.07) is 22.1. The number of hydrogen-bond donors (Lipinski definition) is 1. The third-order valence-corrected chi connectivity index (χ3v) is 7.42. The van der Waals surface area contributed by atoms with Gasteiger partial charge in [-0.3, -0.25) is 4.79 Å². The van der Waals surface area contributed by atoms with Crippen molar-refractivity contribution in [3.63, 3.8) is 0 Å². The fourth-order valence-corrected chi connectivity index (χ4v) is 5.30. The summed E-state index contributed by atoms with van der Waals surface area (Å²) in [7, 11) is -3.60. The summed E-state index contributed by atoms with van der Waals surface area (Å²) < 4.78 is 37.9. The van der Waals surface area contributed by atoms with Crippen molar-refractivity contribution in [3.8, 4) is 5.75 Å². The average molecular weight is 495 g/mol. The maximum Gasteiger partial charge on any atom is 0.339 e. The van der Waals surface area contributed by atoms with Crippen LogP contribution in [-0.4, -0.2) is 44.3 Å². The molecule has 1 heterocycles. The predicted molar refractivity (Wildman–Crippen MR) is 131 cm³/mol. The lowest BCUT2D eigenvalue weighted by atomic mass is 10.1. The minimum absolute atomic E-state index is 0.113. The van der Waals surface area contributed by atoms with E-state index in [4.69, 9.17) is 9.47 Å². The number of carbonyl (C=O) groups is 2. The van der Waals surface area contributed by atoms with Gasteiger partial charge in [0.25, 0.3) is 5.91 Å². The number of benzene rings is 3. The zero-order valence-corrected chi connectivity index (χ0v) is 19.9. The van der Waals surface area contributed by atoms with Crippen LogP contribution in [0.15, 0.2) is 83.8 Å². The number of nitrogens with one attached hydrogen (secondary N) is 1. The number of anilines is 1. The number of ether oxygens (including phenoxy) is 2. The number of para-hydroxylation sites is 1. The molecule has 3 aromatic carbocycles. The maximum absolute atomic E-state index is 12.8. The van der Waals surface area contributed by atoms with Crippen molar-refractivity contribution in [3.05, 3.63) is 90.0 Å². The van der Waals surface area contributed by atoms with Gasteiger partial charge in [-0.05, 0) is 49.2 Å². The molecule has 8 nitrogen and oxygen atoms in total. The van der Waals surface area contributed by atoms with E-state index in [1.54, 1.807) is 36.4 Å². The van der Waals surface area contributed by atoms with E-state index in [1.165, 1.54) is 16.4 Å². The number of rotatable bonds is 9. The number of esters is 1. The topological polar surface area (TPSA) is 102 Å². The highest BCUT2D eigenvalue weighted by molar-refractivity contribution is 7.89. The predicted octanol–water partition coefficient (Wildman–Crippen LogP) is 3.85. The highest BCUT2D eigenvalue weighted by Gasteiger charge is 2.27. The maximum atomic E-state index is 12.8. The molecule has 0 spiro atoms. The molecule has 1 fully saturated rings. The zero-order valence-electron chi connectivity index (χ0n) is 19.1. The van der Waals surface area contributed by atoms with Gasteiger partial charge in [0.15, 0.2) is 6.61 Å². The molecule has 1 saturated heterocycles. The highest BCUT2D eigenvalue weighted by atomic mass is 32.2. The molecule has 0 bridgehead atoms. The molecule has 0 atom stereocenters. The molecule has 1 aliphatic rings. The lowest BCUT2D eigenvalue weighted by molar-refractivity contribution is -0.119. The Bertz CT molecular complexity index is 1290. The van der Waals surface area contributed by atoms with Crippen LogP contribution in [0.3, 0.4) is 0 Å². The van der Waals surface area contributed by atoms with Crippen LogP contribution < -0.4 is 10.1 Å². The Balaban J connectivity index is 1.34. The monoisotopic (exact) mass is 494 g/mol. The smallest absolute Gasteiger partial charge is 0.339 e. The number of hydrogen-bond acceptors (Lipinski definition) is 6. The molecular formula is C26H26N2O6S. The van der Waals surface area contributed by atoms with Crippen molar-refractivity contribution in [1.82, 2.24) is 4.31 Å². The van der Waals surface area contributed by atoms with Gasteiger partial charge in [0.05, 0.1) is 10.5 Å². The first-order valence-electron chi connectivity index (χ1n) is 11.3. The molecular weight excluding hydrogens is 468 g/mol. The molecule has 0 aliphatic carbocycles. The van der Waals surface area contributed by atoms with Gasteiger partial charge in [-0.2, -0.15) is 4.31 Å². The van der Waals surface area contributed by atoms with Crippen molar-refractivity contribution >= 4 is 27.6 Å². The van der Waals surface area contributed by atoms with E-state index in [-0.39, 0.29) is 11.5 Å². The summed E-state index contributed by atoms with van der Waals surface area (Å²) in [6.45, 7) is 0.634. The first-order valence-corrected chi connectivity index (χ1v) is 12.7. The standard InChI is InChI=1S/C26H26N2O6S/c29-25(27-21-10-8-13-23(17-21)35(31,32)28-15-6-7-16-28)19-34-26(30)24-14-5-4-9-20(24)18-33-22-11-2-1-3-12-22/h1-5,8-14,17H,6-7,15-16,18-19H2,(H,27,29). The van der Waals surface area contributed by atoms with E-state index in [2.05, 4.69) is 5.32 Å². The number of sulfonamides is 1. The summed E-state index contributed by atoms with van der Waals surface area (Å²) in [5, 5.41) is 2.59. The fraction of sp³-hybridized carbons (Fsp3) is 0.231. The lowest BCUT2D eigenvalue weighted by Gasteiger charge is -2.16. The average Bonchev–Trinajstić information content (AvgIpc) is 3.43. The van der Waals surface area contributed by atoms with Crippen LogP contribution in [0.2, 0.25) is 0 Å². The van der Waals surface area contributed by atoms with Gasteiger partial charge in [0.2, 0.25) is 10.0 Å². The molecule has 0 radical (unpaired) electrons. The molecule has 1 N–H and O–H groups in total. The molecule has 35 heavy (non-hydrogen) atoms. The second-order valence-electron chi connectivity index (χ2n) is 8.02. The summed E-state index contributed by atoms with van der Waals surface area (Å²) >= 11 is 0. The molecule has 0 saturated carbocycles. The first kappa shape index (κ1) is 24.4. The van der Waals surface area contributed by atoms with Crippen LogP contribution in [0.4, 0.5) is 5.69 Å². The molecule has 9 heteroatoms. The second kappa shape index (κ2) is 11.2. The van der Waals surface area contributed by atoms with Crippen LogP contribution in [0, 0.1) is 0 Å². The molecule has 182 valence electrons. The Morgan fingerprint density at radius 3 is 2.37 bits per heavy atom. The van der Waals surface area contributed by atoms with Crippen LogP contribution in [0.25, 0.3) is 0 Å². The van der Waals surface area contributed by atoms with Crippen molar-refractivity contribution in [2.45, 2.75) is 24.3 Å². The summed E-state index contributed by atoms with van der Waals surface area (Å²) in [5.41, 5.74) is 1.24. The fourth-order valence-electron chi connectivity index (χ4n) is 3.74. The Hall–Kier alpha value is -3.69. The minimum Gasteiger partial charge on any atom is -0.489 e. The van der Waals surface area contributed by atoms with Gasteiger partial charge in [-0.15, -0.1) is 0 Å². The van der Waals surface area contributed by atoms with Crippen molar-refractivity contribution in [1.29, 1.82) is 0 Å². The summed E-state index contributed by atoms with van der Waals surface area (Å²) in [5.74, 6) is -0.561. The summed E-state index contributed by atoms with van der Waals surface area (Å²) in [4.78, 5) is 25.1. The lowest BCUT2D eigenvalue weighted by Crippen LogP contribution is -2.28. The van der Waals surface area contributed by atoms with Gasteiger partial charge in [-0.1, -0.05) is 42.5 Å². The Morgan fingerprint density at radius 1 is 0.886 bits per heavy atom. The molecule has 0 aromatic heterocycles. The van der Waals surface area contributed by atoms with Gasteiger partial charge >= 0.3 is 5.97 Å². The largest absolute Gasteiger partial charge is 0.489 e. The Labute approximate surface area is 204 Å². The van der Waals surface area contributed by atoms with Crippen molar-refractivity contribution in [2.75, 3.05) is 25.0 Å². The van der Waals surface area contributed by atoms with Gasteiger partial charge in [0, 0.05) is 24.3 Å². The van der Waals surface area contributed by atoms with Crippen LogP contribution in [-0.2, 0) is 26.2 Å². The highest BCUT2D eigenvalue weighted by Crippen LogP contribution is 2.23. The third kappa shape index (κ3) is 6.26. The molecule has 1 amide bonds. The number of amides is 1. The normalized spacial score (nSPS) is 13.8. The second-order valence-corrected chi connectivity index (χ2v) is 9.96. The van der Waals surface area contributed by atoms with Gasteiger partial charge in [0.1, 0.15) is 12.4 Å². The van der Waals surface area contributed by atoms with E-state index < -0.39 is 28.5 Å². The molecule has 4 rings (SSSR count). The van der Waals surface area contributed by atoms with E-state index in [9.17, 15) is 18.0 Å². The Morgan fingerprint density at radius 2 is 1.60 bits per heavy atom. The first-order chi connectivity index (χ1) is 16.9. The number of carbonyl (C=O) groups excluding carboxylic acids is 2. The minimum atomic E-state index is -3.60. The molecule has 3 aromatic rings. The molecule has 1 aliphatic heterocycles.